The molecule has 1 unspecified atom stereocenters. The van der Waals surface area contributed by atoms with E-state index in [1.807, 2.05) is 39.0 Å². The molecule has 1 atom stereocenters. The fourth-order valence-electron chi connectivity index (χ4n) is 3.03. The Balaban J connectivity index is 3.16. The first-order valence-corrected chi connectivity index (χ1v) is 10.5. The zero-order valence-corrected chi connectivity index (χ0v) is 19.4. The molecule has 0 aliphatic heterocycles. The quantitative estimate of drug-likeness (QED) is 0.462. The van der Waals surface area contributed by atoms with Crippen LogP contribution in [0.5, 0.6) is 0 Å². The second-order valence-corrected chi connectivity index (χ2v) is 8.44. The van der Waals surface area contributed by atoms with Gasteiger partial charge in [-0.05, 0) is 52.2 Å². The van der Waals surface area contributed by atoms with Crippen molar-refractivity contribution < 1.29 is 19.1 Å². The topological polar surface area (TPSA) is 112 Å². The molecule has 1 aromatic rings. The number of hydrogen-bond acceptors (Lipinski definition) is 5. The van der Waals surface area contributed by atoms with Crippen molar-refractivity contribution in [3.63, 3.8) is 0 Å². The number of carbonyl (C=O) groups excluding carboxylic acids is 3. The number of nitrogens with zero attached hydrogens (tertiary/aromatic N) is 2. The van der Waals surface area contributed by atoms with E-state index in [0.717, 1.165) is 24.0 Å². The van der Waals surface area contributed by atoms with Crippen molar-refractivity contribution in [1.82, 2.24) is 15.5 Å². The van der Waals surface area contributed by atoms with E-state index >= 15 is 0 Å². The average Bonchev–Trinajstić information content (AvgIpc) is 2.66. The molecule has 3 amide bonds. The van der Waals surface area contributed by atoms with Crippen molar-refractivity contribution in [3.05, 3.63) is 34.9 Å². The highest BCUT2D eigenvalue weighted by Gasteiger charge is 2.32. The fraction of sp³-hybridized carbons (Fsp3) is 0.565. The molecule has 0 aliphatic carbocycles. The number of ether oxygens (including phenoxy) is 1. The Labute approximate surface area is 184 Å². The third kappa shape index (κ3) is 8.67. The molecule has 170 valence electrons. The Morgan fingerprint density at radius 3 is 2.42 bits per heavy atom. The van der Waals surface area contributed by atoms with Gasteiger partial charge < -0.3 is 20.3 Å². The first kappa shape index (κ1) is 26.0. The van der Waals surface area contributed by atoms with Crippen molar-refractivity contribution in [1.29, 1.82) is 5.26 Å². The lowest BCUT2D eigenvalue weighted by Gasteiger charge is -2.30. The maximum absolute atomic E-state index is 13.1. The fourth-order valence-corrected chi connectivity index (χ4v) is 3.03. The number of alkyl carbamates (subject to hydrolysis) is 1. The van der Waals surface area contributed by atoms with E-state index in [2.05, 4.69) is 10.6 Å². The molecular weight excluding hydrogens is 396 g/mol. The van der Waals surface area contributed by atoms with Crippen molar-refractivity contribution in [2.75, 3.05) is 19.6 Å². The van der Waals surface area contributed by atoms with Crippen LogP contribution in [-0.2, 0) is 14.3 Å². The summed E-state index contributed by atoms with van der Waals surface area (Å²) in [7, 11) is 0. The van der Waals surface area contributed by atoms with Gasteiger partial charge in [0.15, 0.2) is 0 Å². The number of nitriles is 1. The number of carbonyl (C=O) groups is 3. The molecule has 0 saturated carbocycles. The summed E-state index contributed by atoms with van der Waals surface area (Å²) in [6.45, 7) is 10.8. The van der Waals surface area contributed by atoms with E-state index in [9.17, 15) is 19.6 Å². The van der Waals surface area contributed by atoms with E-state index in [0.29, 0.717) is 12.1 Å². The smallest absolute Gasteiger partial charge is 0.408 e. The summed E-state index contributed by atoms with van der Waals surface area (Å²) in [4.78, 5) is 39.2. The lowest BCUT2D eigenvalue weighted by Crippen LogP contribution is -2.48. The maximum Gasteiger partial charge on any atom is 0.408 e. The number of hydrogen-bond donors (Lipinski definition) is 2. The second kappa shape index (κ2) is 11.9. The Morgan fingerprint density at radius 2 is 1.87 bits per heavy atom. The number of rotatable bonds is 9. The zero-order valence-electron chi connectivity index (χ0n) is 19.4. The van der Waals surface area contributed by atoms with Crippen LogP contribution < -0.4 is 10.6 Å². The lowest BCUT2D eigenvalue weighted by molar-refractivity contribution is -0.139. The predicted molar refractivity (Wildman–Crippen MR) is 118 cm³/mol. The van der Waals surface area contributed by atoms with Gasteiger partial charge in [0.25, 0.3) is 0 Å². The SMILES string of the molecule is CCCCNC(=O)C(c1ccc(C)cc1C)N(CC#N)C(=O)CNC(=O)OC(C)(C)C. The van der Waals surface area contributed by atoms with E-state index < -0.39 is 23.6 Å². The molecule has 0 aromatic heterocycles. The van der Waals surface area contributed by atoms with Crippen molar-refractivity contribution >= 4 is 17.9 Å². The summed E-state index contributed by atoms with van der Waals surface area (Å²) in [5.74, 6) is -0.913. The van der Waals surface area contributed by atoms with Gasteiger partial charge in [-0.2, -0.15) is 5.26 Å². The summed E-state index contributed by atoms with van der Waals surface area (Å²) >= 11 is 0. The van der Waals surface area contributed by atoms with Crippen LogP contribution in [-0.4, -0.2) is 48.0 Å². The standard InChI is InChI=1S/C23H34N4O4/c1-7-8-12-25-21(29)20(18-10-9-16(2)14-17(18)3)27(13-11-24)19(28)15-26-22(30)31-23(4,5)6/h9-10,14,20H,7-8,12-13,15H2,1-6H3,(H,25,29)(H,26,30). The van der Waals surface area contributed by atoms with E-state index in [1.165, 1.54) is 4.90 Å². The van der Waals surface area contributed by atoms with Gasteiger partial charge in [0.1, 0.15) is 24.7 Å². The van der Waals surface area contributed by atoms with Crippen LogP contribution in [0.4, 0.5) is 4.79 Å². The molecule has 0 radical (unpaired) electrons. The van der Waals surface area contributed by atoms with Gasteiger partial charge in [-0.15, -0.1) is 0 Å². The number of nitrogens with one attached hydrogen (secondary N) is 2. The van der Waals surface area contributed by atoms with Gasteiger partial charge in [0.2, 0.25) is 11.8 Å². The van der Waals surface area contributed by atoms with Crippen LogP contribution in [0.25, 0.3) is 0 Å². The van der Waals surface area contributed by atoms with Gasteiger partial charge >= 0.3 is 6.09 Å². The van der Waals surface area contributed by atoms with E-state index in [4.69, 9.17) is 4.74 Å². The highest BCUT2D eigenvalue weighted by molar-refractivity contribution is 5.90. The summed E-state index contributed by atoms with van der Waals surface area (Å²) in [5.41, 5.74) is 1.79. The summed E-state index contributed by atoms with van der Waals surface area (Å²) < 4.78 is 5.15. The normalized spacial score (nSPS) is 11.8. The molecule has 0 fully saturated rings. The third-order valence-corrected chi connectivity index (χ3v) is 4.45. The predicted octanol–water partition coefficient (Wildman–Crippen LogP) is 3.14. The number of aryl methyl sites for hydroxylation is 2. The molecule has 0 aliphatic rings. The molecule has 31 heavy (non-hydrogen) atoms. The van der Waals surface area contributed by atoms with Crippen LogP contribution in [0, 0.1) is 25.2 Å². The van der Waals surface area contributed by atoms with Crippen molar-refractivity contribution in [3.8, 4) is 6.07 Å². The first-order valence-electron chi connectivity index (χ1n) is 10.5. The minimum absolute atomic E-state index is 0.298. The van der Waals surface area contributed by atoms with E-state index in [-0.39, 0.29) is 19.0 Å². The number of amides is 3. The summed E-state index contributed by atoms with van der Waals surface area (Å²) in [5, 5.41) is 14.6. The van der Waals surface area contributed by atoms with Crippen LogP contribution in [0.15, 0.2) is 18.2 Å². The van der Waals surface area contributed by atoms with Crippen LogP contribution in [0.1, 0.15) is 63.3 Å². The van der Waals surface area contributed by atoms with Gasteiger partial charge in [0.05, 0.1) is 6.07 Å². The van der Waals surface area contributed by atoms with Gasteiger partial charge in [0, 0.05) is 6.54 Å². The Morgan fingerprint density at radius 1 is 1.19 bits per heavy atom. The zero-order chi connectivity index (χ0) is 23.6. The molecular formula is C23H34N4O4. The molecule has 2 N–H and O–H groups in total. The van der Waals surface area contributed by atoms with E-state index in [1.54, 1.807) is 26.8 Å². The molecule has 0 bridgehead atoms. The minimum Gasteiger partial charge on any atom is -0.444 e. The molecule has 0 heterocycles. The van der Waals surface area contributed by atoms with Gasteiger partial charge in [-0.3, -0.25) is 9.59 Å². The Kier molecular flexibility index (Phi) is 10.00. The largest absolute Gasteiger partial charge is 0.444 e. The monoisotopic (exact) mass is 430 g/mol. The molecule has 8 nitrogen and oxygen atoms in total. The van der Waals surface area contributed by atoms with Gasteiger partial charge in [-0.25, -0.2) is 4.79 Å². The molecule has 0 spiro atoms. The summed E-state index contributed by atoms with van der Waals surface area (Å²) in [6, 6.07) is 6.57. The first-order chi connectivity index (χ1) is 14.5. The minimum atomic E-state index is -0.981. The van der Waals surface area contributed by atoms with Crippen molar-refractivity contribution in [2.45, 2.75) is 66.0 Å². The molecule has 1 rings (SSSR count). The molecule has 0 saturated heterocycles. The third-order valence-electron chi connectivity index (χ3n) is 4.45. The van der Waals surface area contributed by atoms with Crippen molar-refractivity contribution in [2.24, 2.45) is 0 Å². The van der Waals surface area contributed by atoms with Crippen LogP contribution >= 0.6 is 0 Å². The number of unbranched alkanes of at least 4 members (excludes halogenated alkanes) is 1. The molecule has 1 aromatic carbocycles. The van der Waals surface area contributed by atoms with Crippen LogP contribution in [0.3, 0.4) is 0 Å². The lowest BCUT2D eigenvalue weighted by atomic mass is 9.97. The average molecular weight is 431 g/mol. The molecule has 8 heteroatoms. The Hall–Kier alpha value is -3.08. The van der Waals surface area contributed by atoms with Gasteiger partial charge in [-0.1, -0.05) is 37.1 Å². The Bertz CT molecular complexity index is 824. The highest BCUT2D eigenvalue weighted by Crippen LogP contribution is 2.25. The van der Waals surface area contributed by atoms with Crippen LogP contribution in [0.2, 0.25) is 0 Å². The maximum atomic E-state index is 13.1. The number of benzene rings is 1. The summed E-state index contributed by atoms with van der Waals surface area (Å²) in [6.07, 6.45) is 0.973. The second-order valence-electron chi connectivity index (χ2n) is 8.44. The highest BCUT2D eigenvalue weighted by atomic mass is 16.6.